The Balaban J connectivity index is 0.00000392. The summed E-state index contributed by atoms with van der Waals surface area (Å²) in [6, 6.07) is 0. The van der Waals surface area contributed by atoms with Gasteiger partial charge in [-0.3, -0.25) is 4.79 Å². The Labute approximate surface area is 175 Å². The van der Waals surface area contributed by atoms with Crippen LogP contribution in [0.15, 0.2) is 4.90 Å². The molecule has 1 aliphatic rings. The van der Waals surface area contributed by atoms with E-state index < -0.39 is 10.0 Å². The van der Waals surface area contributed by atoms with Crippen LogP contribution in [-0.4, -0.2) is 40.5 Å². The number of rotatable bonds is 7. The zero-order chi connectivity index (χ0) is 20.2. The molecule has 1 atom stereocenters. The van der Waals surface area contributed by atoms with Crippen molar-refractivity contribution < 1.29 is 13.2 Å². The molecule has 0 aromatic heterocycles. The van der Waals surface area contributed by atoms with Crippen LogP contribution in [0.3, 0.4) is 0 Å². The second-order valence-corrected chi connectivity index (χ2v) is 9.32. The Morgan fingerprint density at radius 2 is 1.61 bits per heavy atom. The summed E-state index contributed by atoms with van der Waals surface area (Å²) in [4.78, 5) is 12.4. The minimum absolute atomic E-state index is 0. The number of benzene rings is 1. The van der Waals surface area contributed by atoms with Gasteiger partial charge in [0.2, 0.25) is 15.9 Å². The molecule has 0 saturated carbocycles. The molecule has 0 bridgehead atoms. The predicted molar refractivity (Wildman–Crippen MR) is 116 cm³/mol. The van der Waals surface area contributed by atoms with Gasteiger partial charge in [0.15, 0.2) is 0 Å². The second kappa shape index (κ2) is 10.6. The molecule has 1 aromatic rings. The Hall–Kier alpha value is -1.15. The molecular weight excluding hydrogens is 398 g/mol. The van der Waals surface area contributed by atoms with Crippen molar-refractivity contribution in [2.45, 2.75) is 58.8 Å². The van der Waals surface area contributed by atoms with Crippen molar-refractivity contribution >= 4 is 28.3 Å². The third kappa shape index (κ3) is 5.92. The van der Waals surface area contributed by atoms with E-state index >= 15 is 0 Å². The SMILES string of the molecule is Cc1c(C)c(C)c(S(=O)(=O)NCCC(=O)NCC2CCCNC2)c(C)c1C.Cl. The van der Waals surface area contributed by atoms with E-state index in [4.69, 9.17) is 0 Å². The van der Waals surface area contributed by atoms with Crippen LogP contribution in [0.4, 0.5) is 0 Å². The lowest BCUT2D eigenvalue weighted by Crippen LogP contribution is -2.39. The molecule has 1 aliphatic heterocycles. The zero-order valence-electron chi connectivity index (χ0n) is 17.6. The maximum atomic E-state index is 12.8. The minimum atomic E-state index is -3.65. The summed E-state index contributed by atoms with van der Waals surface area (Å²) in [6.45, 7) is 12.3. The van der Waals surface area contributed by atoms with Gasteiger partial charge in [-0.25, -0.2) is 13.1 Å². The first-order valence-corrected chi connectivity index (χ1v) is 11.2. The van der Waals surface area contributed by atoms with Gasteiger partial charge in [-0.15, -0.1) is 12.4 Å². The molecule has 1 unspecified atom stereocenters. The average molecular weight is 432 g/mol. The highest BCUT2D eigenvalue weighted by Gasteiger charge is 2.23. The molecule has 8 heteroatoms. The number of carbonyl (C=O) groups is 1. The highest BCUT2D eigenvalue weighted by molar-refractivity contribution is 7.89. The topological polar surface area (TPSA) is 87.3 Å². The lowest BCUT2D eigenvalue weighted by atomic mass is 9.95. The van der Waals surface area contributed by atoms with E-state index in [2.05, 4.69) is 15.4 Å². The molecule has 28 heavy (non-hydrogen) atoms. The fourth-order valence-electron chi connectivity index (χ4n) is 3.68. The van der Waals surface area contributed by atoms with Crippen LogP contribution >= 0.6 is 12.4 Å². The summed E-state index contributed by atoms with van der Waals surface area (Å²) in [5.41, 5.74) is 4.67. The van der Waals surface area contributed by atoms with E-state index in [0.29, 0.717) is 17.4 Å². The number of sulfonamides is 1. The van der Waals surface area contributed by atoms with Crippen molar-refractivity contribution in [3.05, 3.63) is 27.8 Å². The molecule has 160 valence electrons. The average Bonchev–Trinajstić information content (AvgIpc) is 2.63. The molecule has 3 N–H and O–H groups in total. The Morgan fingerprint density at radius 3 is 2.14 bits per heavy atom. The summed E-state index contributed by atoms with van der Waals surface area (Å²) in [5, 5.41) is 6.23. The van der Waals surface area contributed by atoms with Crippen LogP contribution < -0.4 is 15.4 Å². The monoisotopic (exact) mass is 431 g/mol. The van der Waals surface area contributed by atoms with Gasteiger partial charge in [0, 0.05) is 19.5 Å². The first-order valence-electron chi connectivity index (χ1n) is 9.69. The summed E-state index contributed by atoms with van der Waals surface area (Å²) in [6.07, 6.45) is 2.39. The van der Waals surface area contributed by atoms with Gasteiger partial charge in [-0.05, 0) is 94.3 Å². The Bertz CT molecular complexity index is 774. The van der Waals surface area contributed by atoms with E-state index in [0.717, 1.165) is 53.7 Å². The highest BCUT2D eigenvalue weighted by Crippen LogP contribution is 2.29. The fraction of sp³-hybridized carbons (Fsp3) is 0.650. The summed E-state index contributed by atoms with van der Waals surface area (Å²) < 4.78 is 28.2. The van der Waals surface area contributed by atoms with E-state index in [1.165, 1.54) is 0 Å². The van der Waals surface area contributed by atoms with Crippen molar-refractivity contribution in [1.29, 1.82) is 0 Å². The van der Waals surface area contributed by atoms with Crippen LogP contribution in [0.2, 0.25) is 0 Å². The third-order valence-electron chi connectivity index (χ3n) is 5.83. The van der Waals surface area contributed by atoms with Crippen molar-refractivity contribution in [2.24, 2.45) is 5.92 Å². The van der Waals surface area contributed by atoms with Gasteiger partial charge in [-0.2, -0.15) is 0 Å². The molecule has 1 heterocycles. The minimum Gasteiger partial charge on any atom is -0.356 e. The number of hydrogen-bond donors (Lipinski definition) is 3. The van der Waals surface area contributed by atoms with Crippen LogP contribution in [0.5, 0.6) is 0 Å². The summed E-state index contributed by atoms with van der Waals surface area (Å²) >= 11 is 0. The van der Waals surface area contributed by atoms with Crippen LogP contribution in [0.1, 0.15) is 47.1 Å². The first kappa shape index (κ1) is 24.9. The van der Waals surface area contributed by atoms with E-state index in [-0.39, 0.29) is 31.3 Å². The van der Waals surface area contributed by atoms with Gasteiger partial charge >= 0.3 is 0 Å². The molecule has 0 spiro atoms. The number of halogens is 1. The smallest absolute Gasteiger partial charge is 0.241 e. The maximum absolute atomic E-state index is 12.8. The van der Waals surface area contributed by atoms with Gasteiger partial charge in [0.25, 0.3) is 0 Å². The largest absolute Gasteiger partial charge is 0.356 e. The number of nitrogens with one attached hydrogen (secondary N) is 3. The quantitative estimate of drug-likeness (QED) is 0.618. The van der Waals surface area contributed by atoms with Crippen molar-refractivity contribution in [2.75, 3.05) is 26.2 Å². The van der Waals surface area contributed by atoms with Crippen molar-refractivity contribution in [3.63, 3.8) is 0 Å². The van der Waals surface area contributed by atoms with Crippen LogP contribution in [-0.2, 0) is 14.8 Å². The lowest BCUT2D eigenvalue weighted by Gasteiger charge is -2.23. The zero-order valence-corrected chi connectivity index (χ0v) is 19.2. The lowest BCUT2D eigenvalue weighted by molar-refractivity contribution is -0.121. The molecular formula is C20H34ClN3O3S. The number of amides is 1. The molecule has 1 amide bonds. The summed E-state index contributed by atoms with van der Waals surface area (Å²) in [7, 11) is -3.65. The van der Waals surface area contributed by atoms with E-state index in [1.807, 2.05) is 34.6 Å². The standard InChI is InChI=1S/C20H33N3O3S.ClH/c1-13-14(2)16(4)20(17(5)15(13)3)27(25,26)23-10-8-19(24)22-12-18-7-6-9-21-11-18;/h18,21,23H,6-12H2,1-5H3,(H,22,24);1H. The second-order valence-electron chi connectivity index (χ2n) is 7.62. The molecule has 0 aliphatic carbocycles. The number of carbonyl (C=O) groups excluding carboxylic acids is 1. The highest BCUT2D eigenvalue weighted by atomic mass is 35.5. The molecule has 1 saturated heterocycles. The summed E-state index contributed by atoms with van der Waals surface area (Å²) in [5.74, 6) is 0.344. The molecule has 6 nitrogen and oxygen atoms in total. The Kier molecular flexibility index (Phi) is 9.40. The molecule has 2 rings (SSSR count). The third-order valence-corrected chi connectivity index (χ3v) is 7.56. The predicted octanol–water partition coefficient (Wildman–Crippen LogP) is 2.43. The molecule has 0 radical (unpaired) electrons. The van der Waals surface area contributed by atoms with Crippen molar-refractivity contribution in [3.8, 4) is 0 Å². The molecule has 1 fully saturated rings. The first-order chi connectivity index (χ1) is 12.6. The normalized spacial score (nSPS) is 17.1. The number of hydrogen-bond acceptors (Lipinski definition) is 4. The van der Waals surface area contributed by atoms with Crippen LogP contribution in [0, 0.1) is 40.5 Å². The van der Waals surface area contributed by atoms with Gasteiger partial charge < -0.3 is 10.6 Å². The van der Waals surface area contributed by atoms with Gasteiger partial charge in [0.1, 0.15) is 0 Å². The Morgan fingerprint density at radius 1 is 1.04 bits per heavy atom. The fourth-order valence-corrected chi connectivity index (χ4v) is 5.31. The maximum Gasteiger partial charge on any atom is 0.241 e. The van der Waals surface area contributed by atoms with Gasteiger partial charge in [-0.1, -0.05) is 0 Å². The van der Waals surface area contributed by atoms with E-state index in [1.54, 1.807) is 0 Å². The van der Waals surface area contributed by atoms with Gasteiger partial charge in [0.05, 0.1) is 4.90 Å². The molecule has 1 aromatic carbocycles. The van der Waals surface area contributed by atoms with Crippen molar-refractivity contribution in [1.82, 2.24) is 15.4 Å². The van der Waals surface area contributed by atoms with E-state index in [9.17, 15) is 13.2 Å². The van der Waals surface area contributed by atoms with Crippen LogP contribution in [0.25, 0.3) is 0 Å². The number of piperidine rings is 1.